The van der Waals surface area contributed by atoms with Crippen molar-refractivity contribution >= 4 is 42.6 Å². The van der Waals surface area contributed by atoms with Gasteiger partial charge in [0.2, 0.25) is 15.9 Å². The summed E-state index contributed by atoms with van der Waals surface area (Å²) >= 11 is 1.62. The molecule has 1 atom stereocenters. The first-order chi connectivity index (χ1) is 13.4. The number of carbonyl (C=O) groups excluding carboxylic acids is 1. The Kier molecular flexibility index (Phi) is 5.19. The zero-order valence-corrected chi connectivity index (χ0v) is 17.6. The molecule has 3 heterocycles. The third-order valence-corrected chi connectivity index (χ3v) is 7.74. The molecule has 8 nitrogen and oxygen atoms in total. The molecule has 2 aromatic rings. The lowest BCUT2D eigenvalue weighted by Gasteiger charge is -2.36. The Labute approximate surface area is 168 Å². The van der Waals surface area contributed by atoms with Crippen LogP contribution >= 0.6 is 11.3 Å². The van der Waals surface area contributed by atoms with Gasteiger partial charge in [-0.25, -0.2) is 13.4 Å². The first-order valence-corrected chi connectivity index (χ1v) is 12.0. The highest BCUT2D eigenvalue weighted by molar-refractivity contribution is 7.88. The highest BCUT2D eigenvalue weighted by Crippen LogP contribution is 2.34. The molecule has 0 spiro atoms. The number of thiazole rings is 1. The number of anilines is 1. The fourth-order valence-corrected chi connectivity index (χ4v) is 6.08. The van der Waals surface area contributed by atoms with Crippen LogP contribution in [0.2, 0.25) is 0 Å². The number of carbonyl (C=O) groups is 1. The van der Waals surface area contributed by atoms with E-state index in [0.717, 1.165) is 27.5 Å². The van der Waals surface area contributed by atoms with Crippen LogP contribution in [0.15, 0.2) is 18.2 Å². The largest absolute Gasteiger partial charge is 0.494 e. The van der Waals surface area contributed by atoms with E-state index < -0.39 is 16.1 Å². The second-order valence-corrected chi connectivity index (χ2v) is 10.1. The van der Waals surface area contributed by atoms with Crippen LogP contribution in [0.25, 0.3) is 10.2 Å². The van der Waals surface area contributed by atoms with Gasteiger partial charge in [-0.3, -0.25) is 4.79 Å². The highest BCUT2D eigenvalue weighted by atomic mass is 32.2. The standard InChI is InChI=1S/C18H24N4O4S2/c1-26-14-6-3-7-15-16(14)19-18(27-15)21-11-9-20(10-12-21)17(23)13-5-4-8-22(13)28(2,24)25/h3,6-7,13H,4-5,8-12H2,1-2H3. The van der Waals surface area contributed by atoms with Gasteiger partial charge in [-0.2, -0.15) is 4.31 Å². The Morgan fingerprint density at radius 2 is 1.96 bits per heavy atom. The minimum absolute atomic E-state index is 0.0754. The fraction of sp³-hybridized carbons (Fsp3) is 0.556. The lowest BCUT2D eigenvalue weighted by molar-refractivity contribution is -0.134. The van der Waals surface area contributed by atoms with Crippen molar-refractivity contribution in [2.24, 2.45) is 0 Å². The molecule has 152 valence electrons. The molecular formula is C18H24N4O4S2. The van der Waals surface area contributed by atoms with Gasteiger partial charge >= 0.3 is 0 Å². The van der Waals surface area contributed by atoms with E-state index in [1.165, 1.54) is 10.6 Å². The summed E-state index contributed by atoms with van der Waals surface area (Å²) in [6.45, 7) is 2.93. The van der Waals surface area contributed by atoms with Gasteiger partial charge < -0.3 is 14.5 Å². The van der Waals surface area contributed by atoms with Gasteiger partial charge in [0, 0.05) is 32.7 Å². The maximum Gasteiger partial charge on any atom is 0.241 e. The lowest BCUT2D eigenvalue weighted by Crippen LogP contribution is -2.54. The molecule has 0 saturated carbocycles. The van der Waals surface area contributed by atoms with Gasteiger partial charge in [-0.15, -0.1) is 0 Å². The van der Waals surface area contributed by atoms with E-state index in [2.05, 4.69) is 4.90 Å². The summed E-state index contributed by atoms with van der Waals surface area (Å²) in [6.07, 6.45) is 2.51. The van der Waals surface area contributed by atoms with Crippen LogP contribution in [0, 0.1) is 0 Å². The number of hydrogen-bond acceptors (Lipinski definition) is 7. The fourth-order valence-electron chi connectivity index (χ4n) is 3.92. The molecule has 10 heteroatoms. The van der Waals surface area contributed by atoms with Gasteiger partial charge in [-0.1, -0.05) is 17.4 Å². The van der Waals surface area contributed by atoms with Crippen molar-refractivity contribution in [3.05, 3.63) is 18.2 Å². The summed E-state index contributed by atoms with van der Waals surface area (Å²) in [7, 11) is -1.72. The van der Waals surface area contributed by atoms with Crippen molar-refractivity contribution < 1.29 is 17.9 Å². The monoisotopic (exact) mass is 424 g/mol. The molecule has 2 aliphatic heterocycles. The summed E-state index contributed by atoms with van der Waals surface area (Å²) in [5.74, 6) is 0.685. The Morgan fingerprint density at radius 3 is 2.64 bits per heavy atom. The van der Waals surface area contributed by atoms with Crippen LogP contribution in [0.4, 0.5) is 5.13 Å². The maximum absolute atomic E-state index is 12.9. The van der Waals surface area contributed by atoms with Gasteiger partial charge in [-0.05, 0) is 25.0 Å². The zero-order chi connectivity index (χ0) is 19.9. The molecule has 1 aromatic heterocycles. The molecule has 1 aromatic carbocycles. The van der Waals surface area contributed by atoms with E-state index >= 15 is 0 Å². The molecule has 28 heavy (non-hydrogen) atoms. The van der Waals surface area contributed by atoms with E-state index in [9.17, 15) is 13.2 Å². The summed E-state index contributed by atoms with van der Waals surface area (Å²) in [5.41, 5.74) is 0.859. The minimum atomic E-state index is -3.36. The summed E-state index contributed by atoms with van der Waals surface area (Å²) < 4.78 is 31.7. The van der Waals surface area contributed by atoms with Crippen LogP contribution < -0.4 is 9.64 Å². The van der Waals surface area contributed by atoms with E-state index in [-0.39, 0.29) is 5.91 Å². The Morgan fingerprint density at radius 1 is 1.21 bits per heavy atom. The zero-order valence-electron chi connectivity index (χ0n) is 16.0. The third kappa shape index (κ3) is 3.56. The van der Waals surface area contributed by atoms with Crippen LogP contribution in [0.5, 0.6) is 5.75 Å². The molecule has 0 N–H and O–H groups in total. The number of amides is 1. The van der Waals surface area contributed by atoms with Gasteiger partial charge in [0.1, 0.15) is 17.3 Å². The smallest absolute Gasteiger partial charge is 0.241 e. The molecule has 0 radical (unpaired) electrons. The number of piperazine rings is 1. The number of hydrogen-bond donors (Lipinski definition) is 0. The van der Waals surface area contributed by atoms with Crippen LogP contribution in [-0.2, 0) is 14.8 Å². The molecule has 2 saturated heterocycles. The number of nitrogens with zero attached hydrogens (tertiary/aromatic N) is 4. The normalized spacial score (nSPS) is 21.4. The number of methoxy groups -OCH3 is 1. The van der Waals surface area contributed by atoms with E-state index in [0.29, 0.717) is 39.1 Å². The molecule has 1 amide bonds. The first kappa shape index (κ1) is 19.4. The predicted octanol–water partition coefficient (Wildman–Crippen LogP) is 1.38. The van der Waals surface area contributed by atoms with Crippen molar-refractivity contribution in [3.8, 4) is 5.75 Å². The molecule has 4 rings (SSSR count). The van der Waals surface area contributed by atoms with Crippen LogP contribution in [0.1, 0.15) is 12.8 Å². The number of ether oxygens (including phenoxy) is 1. The summed E-state index contributed by atoms with van der Waals surface area (Å²) in [6, 6.07) is 5.33. The number of para-hydroxylation sites is 1. The average molecular weight is 425 g/mol. The first-order valence-electron chi connectivity index (χ1n) is 9.32. The third-order valence-electron chi connectivity index (χ3n) is 5.37. The van der Waals surface area contributed by atoms with Crippen molar-refractivity contribution in [1.82, 2.24) is 14.2 Å². The molecule has 2 aliphatic rings. The number of fused-ring (bicyclic) bond motifs is 1. The van der Waals surface area contributed by atoms with Crippen LogP contribution in [0.3, 0.4) is 0 Å². The number of rotatable bonds is 4. The average Bonchev–Trinajstić information content (AvgIpc) is 3.34. The second kappa shape index (κ2) is 7.49. The Hall–Kier alpha value is -1.91. The van der Waals surface area contributed by atoms with Crippen molar-refractivity contribution in [1.29, 1.82) is 0 Å². The molecular weight excluding hydrogens is 400 g/mol. The maximum atomic E-state index is 12.9. The summed E-state index contributed by atoms with van der Waals surface area (Å²) in [4.78, 5) is 21.6. The summed E-state index contributed by atoms with van der Waals surface area (Å²) in [5, 5.41) is 0.922. The van der Waals surface area contributed by atoms with Crippen molar-refractivity contribution in [2.75, 3.05) is 51.0 Å². The number of aromatic nitrogens is 1. The van der Waals surface area contributed by atoms with Crippen molar-refractivity contribution in [3.63, 3.8) is 0 Å². The van der Waals surface area contributed by atoms with Gasteiger partial charge in [0.05, 0.1) is 18.1 Å². The van der Waals surface area contributed by atoms with E-state index in [1.54, 1.807) is 23.3 Å². The lowest BCUT2D eigenvalue weighted by atomic mass is 10.2. The topological polar surface area (TPSA) is 83.0 Å². The Balaban J connectivity index is 1.44. The van der Waals surface area contributed by atoms with Crippen LogP contribution in [-0.4, -0.2) is 80.6 Å². The van der Waals surface area contributed by atoms with Crippen molar-refractivity contribution in [2.45, 2.75) is 18.9 Å². The molecule has 1 unspecified atom stereocenters. The highest BCUT2D eigenvalue weighted by Gasteiger charge is 2.39. The minimum Gasteiger partial charge on any atom is -0.494 e. The number of benzene rings is 1. The quantitative estimate of drug-likeness (QED) is 0.737. The van der Waals surface area contributed by atoms with E-state index in [1.807, 2.05) is 18.2 Å². The van der Waals surface area contributed by atoms with Gasteiger partial charge in [0.25, 0.3) is 0 Å². The molecule has 2 fully saturated rings. The SMILES string of the molecule is COc1cccc2sc(N3CCN(C(=O)C4CCCN4S(C)(=O)=O)CC3)nc12. The molecule has 0 bridgehead atoms. The number of sulfonamides is 1. The van der Waals surface area contributed by atoms with Gasteiger partial charge in [0.15, 0.2) is 5.13 Å². The van der Waals surface area contributed by atoms with E-state index in [4.69, 9.17) is 9.72 Å². The second-order valence-electron chi connectivity index (χ2n) is 7.15. The Bertz CT molecular complexity index is 983. The predicted molar refractivity (Wildman–Crippen MR) is 110 cm³/mol. The molecule has 0 aliphatic carbocycles.